The third-order valence-corrected chi connectivity index (χ3v) is 7.68. The van der Waals surface area contributed by atoms with E-state index >= 15 is 0 Å². The second-order valence-electron chi connectivity index (χ2n) is 8.56. The lowest BCUT2D eigenvalue weighted by atomic mass is 10.0. The first-order valence-corrected chi connectivity index (χ1v) is 12.0. The van der Waals surface area contributed by atoms with Gasteiger partial charge in [0.15, 0.2) is 0 Å². The molecule has 0 radical (unpaired) electrons. The average molecular weight is 440 g/mol. The van der Waals surface area contributed by atoms with Crippen molar-refractivity contribution in [3.63, 3.8) is 0 Å². The van der Waals surface area contributed by atoms with E-state index < -0.39 is 0 Å². The minimum Gasteiger partial charge on any atom is -0.265 e. The summed E-state index contributed by atoms with van der Waals surface area (Å²) in [4.78, 5) is 14.8. The van der Waals surface area contributed by atoms with E-state index in [0.29, 0.717) is 0 Å². The molecule has 0 spiro atoms. The van der Waals surface area contributed by atoms with Crippen LogP contribution in [-0.2, 0) is 25.9 Å². The Labute approximate surface area is 192 Å². The highest BCUT2D eigenvalue weighted by Gasteiger charge is 2.33. The number of hydrazine groups is 2. The van der Waals surface area contributed by atoms with E-state index in [1.807, 2.05) is 23.3 Å². The molecule has 6 rings (SSSR count). The van der Waals surface area contributed by atoms with Gasteiger partial charge in [-0.2, -0.15) is 15.1 Å². The molecule has 0 fully saturated rings. The van der Waals surface area contributed by atoms with Crippen LogP contribution in [0.15, 0.2) is 78.9 Å². The number of rotatable bonds is 3. The number of hydrogen-bond donors (Lipinski definition) is 0. The first-order chi connectivity index (χ1) is 15.8. The lowest BCUT2D eigenvalue weighted by Crippen LogP contribution is -2.58. The van der Waals surface area contributed by atoms with Crippen molar-refractivity contribution in [1.29, 1.82) is 0 Å². The number of hydrogen-bond acceptors (Lipinski definition) is 4. The van der Waals surface area contributed by atoms with Crippen LogP contribution in [0.3, 0.4) is 0 Å². The number of thiophene rings is 1. The fourth-order valence-corrected chi connectivity index (χ4v) is 5.89. The molecule has 1 aromatic heterocycles. The summed E-state index contributed by atoms with van der Waals surface area (Å²) < 4.78 is 1.16. The van der Waals surface area contributed by atoms with E-state index in [1.54, 1.807) is 11.3 Å². The summed E-state index contributed by atoms with van der Waals surface area (Å²) in [6, 6.07) is 27.5. The van der Waals surface area contributed by atoms with Crippen molar-refractivity contribution >= 4 is 27.3 Å². The summed E-state index contributed by atoms with van der Waals surface area (Å²) in [5, 5.41) is 7.57. The first kappa shape index (κ1) is 19.7. The molecule has 3 heterocycles. The van der Waals surface area contributed by atoms with Crippen molar-refractivity contribution in [2.45, 2.75) is 25.9 Å². The molecule has 0 saturated carbocycles. The monoisotopic (exact) mass is 439 g/mol. The minimum absolute atomic E-state index is 0.0740. The van der Waals surface area contributed by atoms with Gasteiger partial charge in [0.1, 0.15) is 0 Å². The molecule has 4 aromatic rings. The molecular formula is C27H25N3OS. The number of fused-ring (bicyclic) bond motifs is 3. The van der Waals surface area contributed by atoms with Crippen molar-refractivity contribution in [1.82, 2.24) is 15.1 Å². The Hall–Kier alpha value is -2.99. The highest BCUT2D eigenvalue weighted by Crippen LogP contribution is 2.30. The Balaban J connectivity index is 1.37. The molecule has 0 bridgehead atoms. The Morgan fingerprint density at radius 3 is 1.84 bits per heavy atom. The largest absolute Gasteiger partial charge is 0.293 e. The van der Waals surface area contributed by atoms with Crippen LogP contribution in [0.1, 0.15) is 31.9 Å². The van der Waals surface area contributed by atoms with E-state index in [2.05, 4.69) is 70.7 Å². The zero-order valence-electron chi connectivity index (χ0n) is 17.9. The van der Waals surface area contributed by atoms with Gasteiger partial charge in [-0.3, -0.25) is 4.79 Å². The van der Waals surface area contributed by atoms with Crippen LogP contribution >= 0.6 is 11.3 Å². The van der Waals surface area contributed by atoms with Gasteiger partial charge in [-0.1, -0.05) is 66.7 Å². The van der Waals surface area contributed by atoms with Crippen molar-refractivity contribution in [2.24, 2.45) is 0 Å². The predicted molar refractivity (Wildman–Crippen MR) is 129 cm³/mol. The summed E-state index contributed by atoms with van der Waals surface area (Å²) >= 11 is 1.59. The van der Waals surface area contributed by atoms with Crippen molar-refractivity contribution < 1.29 is 4.79 Å². The second-order valence-corrected chi connectivity index (χ2v) is 9.64. The molecule has 0 saturated heterocycles. The number of carbonyl (C=O) groups is 1. The van der Waals surface area contributed by atoms with Crippen LogP contribution in [0.2, 0.25) is 0 Å². The van der Waals surface area contributed by atoms with Crippen LogP contribution in [0.4, 0.5) is 0 Å². The van der Waals surface area contributed by atoms with Gasteiger partial charge in [0.2, 0.25) is 0 Å². The van der Waals surface area contributed by atoms with Gasteiger partial charge >= 0.3 is 0 Å². The number of nitrogens with zero attached hydrogens (tertiary/aromatic N) is 3. The van der Waals surface area contributed by atoms with Crippen molar-refractivity contribution in [2.75, 3.05) is 13.1 Å². The third-order valence-electron chi connectivity index (χ3n) is 6.57. The van der Waals surface area contributed by atoms with E-state index in [-0.39, 0.29) is 5.91 Å². The molecule has 4 nitrogen and oxygen atoms in total. The number of carbonyl (C=O) groups excluding carboxylic acids is 1. The molecule has 2 aliphatic rings. The Morgan fingerprint density at radius 2 is 1.25 bits per heavy atom. The van der Waals surface area contributed by atoms with Crippen LogP contribution < -0.4 is 0 Å². The molecule has 0 atom stereocenters. The number of benzene rings is 3. The van der Waals surface area contributed by atoms with E-state index in [9.17, 15) is 4.79 Å². The molecule has 160 valence electrons. The maximum Gasteiger partial charge on any atom is 0.293 e. The lowest BCUT2D eigenvalue weighted by Gasteiger charge is -2.45. The molecule has 3 aromatic carbocycles. The highest BCUT2D eigenvalue weighted by molar-refractivity contribution is 7.20. The first-order valence-electron chi connectivity index (χ1n) is 11.2. The smallest absolute Gasteiger partial charge is 0.265 e. The fraction of sp³-hybridized carbons (Fsp3) is 0.222. The van der Waals surface area contributed by atoms with Gasteiger partial charge in [-0.05, 0) is 52.6 Å². The van der Waals surface area contributed by atoms with E-state index in [1.165, 1.54) is 22.3 Å². The summed E-state index contributed by atoms with van der Waals surface area (Å²) in [6.45, 7) is 3.19. The molecular weight excluding hydrogens is 414 g/mol. The maximum absolute atomic E-state index is 14.0. The summed E-state index contributed by atoms with van der Waals surface area (Å²) in [5.41, 5.74) is 5.40. The third kappa shape index (κ3) is 3.52. The van der Waals surface area contributed by atoms with Gasteiger partial charge in [-0.15, -0.1) is 11.3 Å². The van der Waals surface area contributed by atoms with Crippen LogP contribution in [0.25, 0.3) is 10.1 Å². The molecule has 0 unspecified atom stereocenters. The second kappa shape index (κ2) is 8.17. The Bertz CT molecular complexity index is 1210. The Morgan fingerprint density at radius 1 is 0.719 bits per heavy atom. The van der Waals surface area contributed by atoms with Gasteiger partial charge in [-0.25, -0.2) is 0 Å². The standard InChI is InChI=1S/C27H25N3OS/c31-27(26-17-22-9-5-6-12-25(22)32-26)30(28-15-13-20-7-1-3-10-23(20)18-28)29-16-14-21-8-2-4-11-24(21)19-29/h1-12,17H,13-16,18-19H2. The average Bonchev–Trinajstić information content (AvgIpc) is 3.28. The maximum atomic E-state index is 14.0. The zero-order chi connectivity index (χ0) is 21.5. The molecule has 5 heteroatoms. The Kier molecular flexibility index (Phi) is 5.02. The minimum atomic E-state index is 0.0740. The van der Waals surface area contributed by atoms with Gasteiger partial charge in [0.25, 0.3) is 5.91 Å². The van der Waals surface area contributed by atoms with Crippen molar-refractivity contribution in [3.05, 3.63) is 106 Å². The predicted octanol–water partition coefficient (Wildman–Crippen LogP) is 5.29. The fourth-order valence-electron chi connectivity index (χ4n) is 4.91. The summed E-state index contributed by atoms with van der Waals surface area (Å²) in [5.74, 6) is 0.0740. The van der Waals surface area contributed by atoms with Gasteiger partial charge in [0, 0.05) is 30.9 Å². The summed E-state index contributed by atoms with van der Waals surface area (Å²) in [7, 11) is 0. The molecule has 32 heavy (non-hydrogen) atoms. The molecule has 0 aliphatic carbocycles. The van der Waals surface area contributed by atoms with Crippen LogP contribution in [0, 0.1) is 0 Å². The normalized spacial score (nSPS) is 16.5. The van der Waals surface area contributed by atoms with Crippen LogP contribution in [0.5, 0.6) is 0 Å². The van der Waals surface area contributed by atoms with E-state index in [0.717, 1.165) is 54.0 Å². The summed E-state index contributed by atoms with van der Waals surface area (Å²) in [6.07, 6.45) is 1.91. The topological polar surface area (TPSA) is 26.8 Å². The molecule has 1 amide bonds. The van der Waals surface area contributed by atoms with Gasteiger partial charge in [0.05, 0.1) is 4.88 Å². The van der Waals surface area contributed by atoms with Crippen molar-refractivity contribution in [3.8, 4) is 0 Å². The SMILES string of the molecule is O=C(c1cc2ccccc2s1)N(N1CCc2ccccc2C1)N1CCc2ccccc2C1. The van der Waals surface area contributed by atoms with Gasteiger partial charge < -0.3 is 0 Å². The molecule has 2 aliphatic heterocycles. The lowest BCUT2D eigenvalue weighted by molar-refractivity contribution is -0.161. The zero-order valence-corrected chi connectivity index (χ0v) is 18.7. The van der Waals surface area contributed by atoms with E-state index in [4.69, 9.17) is 0 Å². The number of amides is 1. The quantitative estimate of drug-likeness (QED) is 0.434. The molecule has 0 N–H and O–H groups in total. The van der Waals surface area contributed by atoms with Crippen LogP contribution in [-0.4, -0.2) is 34.1 Å². The highest BCUT2D eigenvalue weighted by atomic mass is 32.1.